The molecular formula is C81H73BrClF5N16O11. The van der Waals surface area contributed by atoms with Crippen molar-refractivity contribution in [2.75, 3.05) is 10.6 Å². The van der Waals surface area contributed by atoms with Gasteiger partial charge in [0.2, 0.25) is 11.8 Å². The monoisotopic (exact) mass is 1650 g/mol. The highest BCUT2D eigenvalue weighted by Gasteiger charge is 2.38. The molecule has 27 nitrogen and oxygen atoms in total. The minimum atomic E-state index is -4.65. The van der Waals surface area contributed by atoms with E-state index in [1.807, 2.05) is 75.4 Å². The number of aromatic amines is 2. The first-order valence-corrected chi connectivity index (χ1v) is 34.8. The number of benzene rings is 4. The fraction of sp³-hybridized carbons (Fsp3) is 0.148. The van der Waals surface area contributed by atoms with Crippen LogP contribution in [0, 0.1) is 36.3 Å². The normalized spacial score (nSPS) is 10.3. The van der Waals surface area contributed by atoms with E-state index >= 15 is 0 Å². The second kappa shape index (κ2) is 45.4. The van der Waals surface area contributed by atoms with Crippen LogP contribution in [0.4, 0.5) is 33.5 Å². The maximum Gasteiger partial charge on any atom is 0.435 e. The molecule has 0 atom stereocenters. The van der Waals surface area contributed by atoms with Crippen LogP contribution >= 0.6 is 27.5 Å². The van der Waals surface area contributed by atoms with Gasteiger partial charge in [-0.25, -0.2) is 28.4 Å². The number of carbonyl (C=O) groups is 11. The number of nitrogens with zero attached hydrogens (tertiary/aromatic N) is 12. The Morgan fingerprint density at radius 2 is 1.10 bits per heavy atom. The standard InChI is InChI=1S/C12H10N2O.C11H9FN2O.2C11H14N2O2.C10H7FN2O.C10H7NO.C6H4ClF3N2O.C6H5NO.C4H3BrN2O/c1-9-11(8-15)7-13-12(14-9)10-5-3-2-4-6-10;1-8-9(7-15)6-13-14(8)11-4-2-10(12)3-5-11;1-11(2,3)10(15)13-9-4-5-12-6-8(9)7-14;1-11(2,3)10(15)13-9-8(7-14)5-4-6-12-9;11-9-3-1-7(2-4-9)10-8(6-14)5-12-13-10;12-7-8-5-6-11-10-4-2-1-3-9(8)10;1-12-5(7)3(2-13)4(11-12)6(8,9)10;8-5-6-2-1-3-7-4-6;5-3-1-6-7-4(3)2-8/h2-8H,1H3;2-7H,1H3;2*4-7H,1-3H3,(H,12,13,15);1-6H,(H,12,13);1-7H;2H,1H3;1-5H;1-2H,(H,6,7). The van der Waals surface area contributed by atoms with Crippen LogP contribution in [0.15, 0.2) is 206 Å². The highest BCUT2D eigenvalue weighted by molar-refractivity contribution is 9.10. The molecule has 13 aromatic rings. The lowest BCUT2D eigenvalue weighted by Crippen LogP contribution is -2.28. The molecule has 0 aliphatic heterocycles. The van der Waals surface area contributed by atoms with E-state index in [0.29, 0.717) is 103 Å². The summed E-state index contributed by atoms with van der Waals surface area (Å²) in [6, 6.07) is 39.1. The Hall–Kier alpha value is -14.0. The van der Waals surface area contributed by atoms with Crippen LogP contribution in [0.3, 0.4) is 0 Å². The van der Waals surface area contributed by atoms with E-state index in [-0.39, 0.29) is 34.9 Å². The van der Waals surface area contributed by atoms with Crippen molar-refractivity contribution < 1.29 is 74.7 Å². The topological polar surface area (TPSA) is 382 Å². The molecule has 0 fully saturated rings. The first kappa shape index (κ1) is 91.7. The van der Waals surface area contributed by atoms with Crippen molar-refractivity contribution in [1.29, 1.82) is 0 Å². The quantitative estimate of drug-likeness (QED) is 0.0580. The Morgan fingerprint density at radius 1 is 0.513 bits per heavy atom. The Kier molecular flexibility index (Phi) is 36.2. The zero-order chi connectivity index (χ0) is 84.8. The van der Waals surface area contributed by atoms with Crippen LogP contribution < -0.4 is 10.6 Å². The Balaban J connectivity index is 0.000000232. The molecule has 0 saturated heterocycles. The highest BCUT2D eigenvalue weighted by Crippen LogP contribution is 2.33. The summed E-state index contributed by atoms with van der Waals surface area (Å²) in [6.07, 6.45) is 16.6. The fourth-order valence-corrected chi connectivity index (χ4v) is 9.09. The van der Waals surface area contributed by atoms with Crippen molar-refractivity contribution in [3.8, 4) is 28.3 Å². The van der Waals surface area contributed by atoms with Gasteiger partial charge in [0.1, 0.15) is 28.3 Å². The second-order valence-corrected chi connectivity index (χ2v) is 26.5. The van der Waals surface area contributed by atoms with Crippen molar-refractivity contribution in [2.45, 2.75) is 61.6 Å². The first-order valence-electron chi connectivity index (χ1n) is 33.6. The molecule has 115 heavy (non-hydrogen) atoms. The molecule has 2 amide bonds. The Bertz CT molecular complexity index is 5320. The van der Waals surface area contributed by atoms with Crippen LogP contribution in [0.2, 0.25) is 5.15 Å². The average Bonchev–Trinajstić information content (AvgIpc) is 1.58. The molecule has 592 valence electrons. The molecule has 4 N–H and O–H groups in total. The van der Waals surface area contributed by atoms with E-state index in [1.54, 1.807) is 119 Å². The number of hydrogen-bond donors (Lipinski definition) is 4. The SMILES string of the molecule is CC(C)(C)C(=O)Nc1ccncc1C=O.CC(C)(C)C(=O)Nc1ncccc1C=O.Cc1c(C=O)cnn1-c1ccc(F)cc1.Cc1nc(-c2ccccc2)ncc1C=O.Cn1nc(C(F)(F)F)c(C=O)c1Cl.O=Cc1[nH]ncc1Br.O=Cc1cccnc1.O=Cc1ccnc2ccccc12.O=Cc1cn[nH]c1-c1ccc(F)cc1. The van der Waals surface area contributed by atoms with Crippen molar-refractivity contribution >= 4 is 118 Å². The maximum atomic E-state index is 12.7. The number of nitrogens with one attached hydrogen (secondary N) is 4. The maximum absolute atomic E-state index is 12.7. The van der Waals surface area contributed by atoms with Crippen molar-refractivity contribution in [3.63, 3.8) is 0 Å². The van der Waals surface area contributed by atoms with Crippen molar-refractivity contribution in [2.24, 2.45) is 17.9 Å². The number of rotatable bonds is 14. The molecular weight excluding hydrogens is 1580 g/mol. The number of amides is 2. The molecule has 0 unspecified atom stereocenters. The number of halogens is 7. The molecule has 9 heterocycles. The lowest BCUT2D eigenvalue weighted by molar-refractivity contribution is -0.141. The van der Waals surface area contributed by atoms with Gasteiger partial charge in [-0.2, -0.15) is 33.6 Å². The van der Waals surface area contributed by atoms with Gasteiger partial charge in [0.05, 0.1) is 90.4 Å². The van der Waals surface area contributed by atoms with Gasteiger partial charge in [-0.3, -0.25) is 82.6 Å². The lowest BCUT2D eigenvalue weighted by Gasteiger charge is -2.18. The van der Waals surface area contributed by atoms with Gasteiger partial charge in [-0.05, 0) is 121 Å². The number of aldehydes is 9. The van der Waals surface area contributed by atoms with E-state index in [0.717, 1.165) is 63.2 Å². The van der Waals surface area contributed by atoms with Crippen molar-refractivity contribution in [1.82, 2.24) is 69.9 Å². The highest BCUT2D eigenvalue weighted by atomic mass is 79.9. The number of aryl methyl sites for hydroxylation is 2. The minimum absolute atomic E-state index is 0.0398. The number of alkyl halides is 3. The van der Waals surface area contributed by atoms with Gasteiger partial charge in [0.25, 0.3) is 0 Å². The van der Waals surface area contributed by atoms with Gasteiger partial charge in [0, 0.05) is 88.9 Å². The van der Waals surface area contributed by atoms with E-state index in [4.69, 9.17) is 11.6 Å². The van der Waals surface area contributed by atoms with Crippen LogP contribution in [0.25, 0.3) is 39.2 Å². The fourth-order valence-electron chi connectivity index (χ4n) is 8.63. The van der Waals surface area contributed by atoms with Crippen LogP contribution in [-0.4, -0.2) is 138 Å². The molecule has 34 heteroatoms. The van der Waals surface area contributed by atoms with E-state index in [2.05, 4.69) is 87.1 Å². The number of H-pyrrole nitrogens is 2. The molecule has 0 spiro atoms. The summed E-state index contributed by atoms with van der Waals surface area (Å²) in [6.45, 7) is 14.4. The molecule has 0 bridgehead atoms. The summed E-state index contributed by atoms with van der Waals surface area (Å²) in [4.78, 5) is 141. The smallest absolute Gasteiger partial charge is 0.325 e. The summed E-state index contributed by atoms with van der Waals surface area (Å²) in [7, 11) is 1.23. The predicted octanol–water partition coefficient (Wildman–Crippen LogP) is 16.0. The van der Waals surface area contributed by atoms with E-state index in [1.165, 1.54) is 74.7 Å². The minimum Gasteiger partial charge on any atom is -0.325 e. The summed E-state index contributed by atoms with van der Waals surface area (Å²) >= 11 is 8.49. The van der Waals surface area contributed by atoms with Gasteiger partial charge in [0.15, 0.2) is 68.1 Å². The van der Waals surface area contributed by atoms with Crippen LogP contribution in [0.5, 0.6) is 0 Å². The number of para-hydroxylation sites is 1. The Labute approximate surface area is 667 Å². The third kappa shape index (κ3) is 28.7. The third-order valence-electron chi connectivity index (χ3n) is 14.9. The zero-order valence-corrected chi connectivity index (χ0v) is 65.1. The molecule has 0 radical (unpaired) electrons. The average molecular weight is 1660 g/mol. The largest absolute Gasteiger partial charge is 0.435 e. The molecule has 0 aliphatic carbocycles. The molecule has 9 aromatic heterocycles. The summed E-state index contributed by atoms with van der Waals surface area (Å²) in [5.41, 5.74) is 7.10. The van der Waals surface area contributed by atoms with E-state index in [9.17, 15) is 74.7 Å². The van der Waals surface area contributed by atoms with Gasteiger partial charge < -0.3 is 10.6 Å². The zero-order valence-electron chi connectivity index (χ0n) is 62.8. The van der Waals surface area contributed by atoms with Crippen molar-refractivity contribution in [3.05, 3.63) is 290 Å². The van der Waals surface area contributed by atoms with Gasteiger partial charge >= 0.3 is 6.18 Å². The van der Waals surface area contributed by atoms with Gasteiger partial charge in [-0.15, -0.1) is 0 Å². The lowest BCUT2D eigenvalue weighted by atomic mass is 9.95. The number of hydrogen-bond acceptors (Lipinski definition) is 21. The van der Waals surface area contributed by atoms with Crippen LogP contribution in [0.1, 0.15) is 152 Å². The summed E-state index contributed by atoms with van der Waals surface area (Å²) in [5, 5.41) is 25.5. The predicted molar refractivity (Wildman–Crippen MR) is 423 cm³/mol. The number of aromatic nitrogens is 14. The van der Waals surface area contributed by atoms with Gasteiger partial charge in [-0.1, -0.05) is 102 Å². The third-order valence-corrected chi connectivity index (χ3v) is 16.0. The summed E-state index contributed by atoms with van der Waals surface area (Å²) < 4.78 is 64.8. The molecule has 13 rings (SSSR count). The number of fused-ring (bicyclic) bond motifs is 1. The Morgan fingerprint density at radius 3 is 1.63 bits per heavy atom. The number of pyridine rings is 4. The molecule has 4 aromatic carbocycles. The van der Waals surface area contributed by atoms with E-state index < -0.39 is 28.3 Å². The van der Waals surface area contributed by atoms with Crippen LogP contribution in [-0.2, 0) is 22.8 Å². The number of carbonyl (C=O) groups excluding carboxylic acids is 11. The molecule has 0 saturated carbocycles. The second-order valence-electron chi connectivity index (χ2n) is 25.3. The number of anilines is 2. The molecule has 0 aliphatic rings. The first-order chi connectivity index (χ1) is 54.8. The summed E-state index contributed by atoms with van der Waals surface area (Å²) in [5.74, 6) is 0.0762.